The van der Waals surface area contributed by atoms with E-state index in [1.807, 2.05) is 0 Å². The number of Topliss-reactive ketones (excluding diaryl/α,β-unsaturated/α-hetero) is 1. The van der Waals surface area contributed by atoms with E-state index in [-0.39, 0.29) is 18.4 Å². The Morgan fingerprint density at radius 2 is 2.21 bits per heavy atom. The van der Waals surface area contributed by atoms with E-state index < -0.39 is 0 Å². The van der Waals surface area contributed by atoms with Gasteiger partial charge >= 0.3 is 6.03 Å². The Balaban J connectivity index is 2.18. The first kappa shape index (κ1) is 10.3. The number of ketones is 1. The molecule has 0 fully saturated rings. The zero-order valence-corrected chi connectivity index (χ0v) is 7.87. The molecule has 0 aliphatic rings. The molecule has 76 valence electrons. The lowest BCUT2D eigenvalue weighted by atomic mass is 10.4. The topological polar surface area (TPSA) is 71.3 Å². The Hall–Kier alpha value is -1.78. The number of carbonyl (C=O) groups excluding carboxylic acids is 2. The number of nitrogens with one attached hydrogen (secondary N) is 2. The van der Waals surface area contributed by atoms with Gasteiger partial charge in [-0.15, -0.1) is 0 Å². The lowest BCUT2D eigenvalue weighted by molar-refractivity contribution is -0.116. The maximum absolute atomic E-state index is 11.0. The highest BCUT2D eigenvalue weighted by atomic mass is 16.3. The minimum atomic E-state index is -0.378. The van der Waals surface area contributed by atoms with Crippen molar-refractivity contribution in [2.24, 2.45) is 0 Å². The van der Waals surface area contributed by atoms with Crippen molar-refractivity contribution in [2.75, 3.05) is 6.54 Å². The predicted octanol–water partition coefficient (Wildman–Crippen LogP) is 0.668. The summed E-state index contributed by atoms with van der Waals surface area (Å²) in [6, 6.07) is 3.12. The molecule has 1 rings (SSSR count). The molecule has 0 aliphatic heterocycles. The van der Waals surface area contributed by atoms with Crippen molar-refractivity contribution in [3.63, 3.8) is 0 Å². The van der Waals surface area contributed by atoms with Crippen LogP contribution in [0, 0.1) is 0 Å². The first-order valence-electron chi connectivity index (χ1n) is 4.22. The van der Waals surface area contributed by atoms with Crippen LogP contribution in [0.1, 0.15) is 12.7 Å². The maximum atomic E-state index is 11.0. The van der Waals surface area contributed by atoms with Gasteiger partial charge in [-0.25, -0.2) is 4.79 Å². The predicted molar refractivity (Wildman–Crippen MR) is 49.6 cm³/mol. The quantitative estimate of drug-likeness (QED) is 0.743. The van der Waals surface area contributed by atoms with Gasteiger partial charge in [0.25, 0.3) is 0 Å². The average molecular weight is 196 g/mol. The fraction of sp³-hybridized carbons (Fsp3) is 0.333. The molecule has 5 heteroatoms. The van der Waals surface area contributed by atoms with Crippen molar-refractivity contribution in [3.8, 4) is 0 Å². The van der Waals surface area contributed by atoms with Crippen LogP contribution in [0.25, 0.3) is 0 Å². The third-order valence-electron chi connectivity index (χ3n) is 1.50. The van der Waals surface area contributed by atoms with Crippen molar-refractivity contribution in [3.05, 3.63) is 24.2 Å². The summed E-state index contributed by atoms with van der Waals surface area (Å²) in [5, 5.41) is 4.95. The molecule has 0 unspecified atom stereocenters. The smallest absolute Gasteiger partial charge is 0.315 e. The van der Waals surface area contributed by atoms with Crippen molar-refractivity contribution in [1.29, 1.82) is 0 Å². The largest absolute Gasteiger partial charge is 0.467 e. The van der Waals surface area contributed by atoms with Crippen LogP contribution in [0.4, 0.5) is 4.79 Å². The molecule has 1 heterocycles. The van der Waals surface area contributed by atoms with Crippen LogP contribution >= 0.6 is 0 Å². The van der Waals surface area contributed by atoms with Gasteiger partial charge in [0, 0.05) is 0 Å². The zero-order valence-electron chi connectivity index (χ0n) is 7.87. The molecule has 0 atom stereocenters. The highest BCUT2D eigenvalue weighted by Crippen LogP contribution is 1.97. The van der Waals surface area contributed by atoms with E-state index in [4.69, 9.17) is 4.42 Å². The SMILES string of the molecule is CC(=O)CNC(=O)NCc1ccco1. The molecule has 0 saturated heterocycles. The molecule has 0 bridgehead atoms. The van der Waals surface area contributed by atoms with Gasteiger partial charge in [-0.2, -0.15) is 0 Å². The number of hydrogen-bond donors (Lipinski definition) is 2. The minimum Gasteiger partial charge on any atom is -0.467 e. The second-order valence-electron chi connectivity index (χ2n) is 2.82. The molecule has 0 aromatic carbocycles. The lowest BCUT2D eigenvalue weighted by Gasteiger charge is -2.03. The van der Waals surface area contributed by atoms with Crippen LogP contribution in [0.3, 0.4) is 0 Å². The molecule has 1 aromatic heterocycles. The molecule has 5 nitrogen and oxygen atoms in total. The Kier molecular flexibility index (Phi) is 3.72. The molecule has 2 N–H and O–H groups in total. The Morgan fingerprint density at radius 1 is 1.43 bits per heavy atom. The van der Waals surface area contributed by atoms with Crippen molar-refractivity contribution in [1.82, 2.24) is 10.6 Å². The number of rotatable bonds is 4. The van der Waals surface area contributed by atoms with Crippen LogP contribution < -0.4 is 10.6 Å². The second kappa shape index (κ2) is 5.06. The van der Waals surface area contributed by atoms with Crippen molar-refractivity contribution < 1.29 is 14.0 Å². The van der Waals surface area contributed by atoms with E-state index in [1.165, 1.54) is 13.2 Å². The first-order chi connectivity index (χ1) is 6.68. The zero-order chi connectivity index (χ0) is 10.4. The van der Waals surface area contributed by atoms with Gasteiger partial charge in [-0.1, -0.05) is 0 Å². The monoisotopic (exact) mass is 196 g/mol. The summed E-state index contributed by atoms with van der Waals surface area (Å²) in [6.45, 7) is 1.77. The van der Waals surface area contributed by atoms with Gasteiger partial charge in [0.05, 0.1) is 19.4 Å². The van der Waals surface area contributed by atoms with Crippen LogP contribution in [0.5, 0.6) is 0 Å². The van der Waals surface area contributed by atoms with Crippen LogP contribution in [-0.2, 0) is 11.3 Å². The summed E-state index contributed by atoms with van der Waals surface area (Å²) >= 11 is 0. The van der Waals surface area contributed by atoms with E-state index >= 15 is 0 Å². The minimum absolute atomic E-state index is 0.0456. The van der Waals surface area contributed by atoms with Crippen LogP contribution in [0.2, 0.25) is 0 Å². The third kappa shape index (κ3) is 3.75. The van der Waals surface area contributed by atoms with Gasteiger partial charge in [-0.3, -0.25) is 4.79 Å². The third-order valence-corrected chi connectivity index (χ3v) is 1.50. The number of urea groups is 1. The Morgan fingerprint density at radius 3 is 2.79 bits per heavy atom. The van der Waals surface area contributed by atoms with Crippen LogP contribution in [-0.4, -0.2) is 18.4 Å². The normalized spacial score (nSPS) is 9.50. The molecular weight excluding hydrogens is 184 g/mol. The molecular formula is C9H12N2O3. The second-order valence-corrected chi connectivity index (χ2v) is 2.82. The summed E-state index contributed by atoms with van der Waals surface area (Å²) in [5.41, 5.74) is 0. The lowest BCUT2D eigenvalue weighted by Crippen LogP contribution is -2.37. The van der Waals surface area contributed by atoms with E-state index in [0.29, 0.717) is 12.3 Å². The number of hydrogen-bond acceptors (Lipinski definition) is 3. The molecule has 2 amide bonds. The average Bonchev–Trinajstić information content (AvgIpc) is 2.63. The summed E-state index contributed by atoms with van der Waals surface area (Å²) in [5.74, 6) is 0.584. The van der Waals surface area contributed by atoms with Gasteiger partial charge in [-0.05, 0) is 19.1 Å². The summed E-state index contributed by atoms with van der Waals surface area (Å²) in [4.78, 5) is 21.5. The Bertz CT molecular complexity index is 306. The van der Waals surface area contributed by atoms with Crippen molar-refractivity contribution >= 4 is 11.8 Å². The Labute approximate surface area is 81.5 Å². The van der Waals surface area contributed by atoms with E-state index in [2.05, 4.69) is 10.6 Å². The van der Waals surface area contributed by atoms with Gasteiger partial charge < -0.3 is 15.1 Å². The summed E-state index contributed by atoms with van der Waals surface area (Å²) in [7, 11) is 0. The number of furan rings is 1. The van der Waals surface area contributed by atoms with E-state index in [9.17, 15) is 9.59 Å². The van der Waals surface area contributed by atoms with E-state index in [0.717, 1.165) is 0 Å². The molecule has 1 aromatic rings. The van der Waals surface area contributed by atoms with Crippen molar-refractivity contribution in [2.45, 2.75) is 13.5 Å². The summed E-state index contributed by atoms with van der Waals surface area (Å²) < 4.78 is 5.00. The number of amides is 2. The first-order valence-corrected chi connectivity index (χ1v) is 4.22. The fourth-order valence-electron chi connectivity index (χ4n) is 0.848. The van der Waals surface area contributed by atoms with Gasteiger partial charge in [0.2, 0.25) is 0 Å². The van der Waals surface area contributed by atoms with Crippen LogP contribution in [0.15, 0.2) is 22.8 Å². The molecule has 0 spiro atoms. The molecule has 0 aliphatic carbocycles. The molecule has 14 heavy (non-hydrogen) atoms. The van der Waals surface area contributed by atoms with E-state index in [1.54, 1.807) is 12.1 Å². The molecule has 0 radical (unpaired) electrons. The molecule has 0 saturated carbocycles. The maximum Gasteiger partial charge on any atom is 0.315 e. The van der Waals surface area contributed by atoms with Gasteiger partial charge in [0.15, 0.2) is 0 Å². The highest BCUT2D eigenvalue weighted by molar-refractivity contribution is 5.83. The number of carbonyl (C=O) groups is 2. The highest BCUT2D eigenvalue weighted by Gasteiger charge is 2.01. The fourth-order valence-corrected chi connectivity index (χ4v) is 0.848. The standard InChI is InChI=1S/C9H12N2O3/c1-7(12)5-10-9(13)11-6-8-3-2-4-14-8/h2-4H,5-6H2,1H3,(H2,10,11,13). The summed E-state index contributed by atoms with van der Waals surface area (Å²) in [6.07, 6.45) is 1.53. The van der Waals surface area contributed by atoms with Gasteiger partial charge in [0.1, 0.15) is 11.5 Å².